The first kappa shape index (κ1) is 12.5. The van der Waals surface area contributed by atoms with Crippen LogP contribution in [0.1, 0.15) is 11.1 Å². The van der Waals surface area contributed by atoms with Crippen LogP contribution in [0, 0.1) is 6.92 Å². The van der Waals surface area contributed by atoms with Crippen molar-refractivity contribution >= 4 is 27.5 Å². The third kappa shape index (κ3) is 3.24. The van der Waals surface area contributed by atoms with Crippen molar-refractivity contribution in [2.45, 2.75) is 12.3 Å². The molecule has 0 spiro atoms. The maximum Gasteiger partial charge on any atom is 0.131 e. The number of hydrogen-bond acceptors (Lipinski definition) is 1. The SMILES string of the molecule is Cc1ccc(Oc2ccc(Cl)cc2)c(CBr)c1. The van der Waals surface area contributed by atoms with E-state index in [0.29, 0.717) is 5.02 Å². The number of hydrogen-bond donors (Lipinski definition) is 0. The van der Waals surface area contributed by atoms with E-state index in [1.807, 2.05) is 36.4 Å². The molecule has 2 aromatic rings. The van der Waals surface area contributed by atoms with Crippen molar-refractivity contribution in [3.05, 3.63) is 58.6 Å². The number of alkyl halides is 1. The van der Waals surface area contributed by atoms with Gasteiger partial charge in [-0.05, 0) is 37.3 Å². The topological polar surface area (TPSA) is 9.23 Å². The number of halogens is 2. The van der Waals surface area contributed by atoms with E-state index in [1.54, 1.807) is 0 Å². The van der Waals surface area contributed by atoms with Crippen molar-refractivity contribution in [3.8, 4) is 11.5 Å². The highest BCUT2D eigenvalue weighted by Gasteiger charge is 2.04. The Morgan fingerprint density at radius 1 is 1.12 bits per heavy atom. The minimum atomic E-state index is 0.710. The van der Waals surface area contributed by atoms with Gasteiger partial charge in [-0.1, -0.05) is 45.2 Å². The average Bonchev–Trinajstić information content (AvgIpc) is 2.34. The Balaban J connectivity index is 2.26. The van der Waals surface area contributed by atoms with E-state index in [4.69, 9.17) is 16.3 Å². The third-order valence-electron chi connectivity index (χ3n) is 2.40. The van der Waals surface area contributed by atoms with Crippen LogP contribution in [-0.4, -0.2) is 0 Å². The molecule has 0 saturated carbocycles. The standard InChI is InChI=1S/C14H12BrClO/c1-10-2-7-14(11(8-10)9-15)17-13-5-3-12(16)4-6-13/h2-8H,9H2,1H3. The second-order valence-corrected chi connectivity index (χ2v) is 4.80. The summed E-state index contributed by atoms with van der Waals surface area (Å²) in [7, 11) is 0. The van der Waals surface area contributed by atoms with E-state index in [1.165, 1.54) is 5.56 Å². The van der Waals surface area contributed by atoms with Gasteiger partial charge in [-0.25, -0.2) is 0 Å². The van der Waals surface area contributed by atoms with E-state index in [2.05, 4.69) is 28.9 Å². The molecule has 0 radical (unpaired) electrons. The first-order valence-corrected chi connectivity index (χ1v) is 6.78. The van der Waals surface area contributed by atoms with E-state index < -0.39 is 0 Å². The average molecular weight is 312 g/mol. The fourth-order valence-electron chi connectivity index (χ4n) is 1.54. The molecule has 88 valence electrons. The molecular formula is C14H12BrClO. The number of benzene rings is 2. The van der Waals surface area contributed by atoms with Crippen LogP contribution in [-0.2, 0) is 5.33 Å². The summed E-state index contributed by atoms with van der Waals surface area (Å²) in [5.41, 5.74) is 2.36. The third-order valence-corrected chi connectivity index (χ3v) is 3.26. The molecule has 0 heterocycles. The van der Waals surface area contributed by atoms with Crippen LogP contribution in [0.15, 0.2) is 42.5 Å². The molecular weight excluding hydrogens is 300 g/mol. The lowest BCUT2D eigenvalue weighted by Gasteiger charge is -2.10. The Bertz CT molecular complexity index is 508. The van der Waals surface area contributed by atoms with Gasteiger partial charge in [-0.2, -0.15) is 0 Å². The minimum absolute atomic E-state index is 0.710. The van der Waals surface area contributed by atoms with Crippen LogP contribution >= 0.6 is 27.5 Å². The van der Waals surface area contributed by atoms with Gasteiger partial charge >= 0.3 is 0 Å². The summed E-state index contributed by atoms with van der Waals surface area (Å²) >= 11 is 9.30. The predicted molar refractivity (Wildman–Crippen MR) is 75.3 cm³/mol. The fraction of sp³-hybridized carbons (Fsp3) is 0.143. The van der Waals surface area contributed by atoms with Crippen molar-refractivity contribution in [3.63, 3.8) is 0 Å². The molecule has 0 saturated heterocycles. The molecule has 2 rings (SSSR count). The summed E-state index contributed by atoms with van der Waals surface area (Å²) in [6.07, 6.45) is 0. The van der Waals surface area contributed by atoms with Gasteiger partial charge in [0.05, 0.1) is 0 Å². The van der Waals surface area contributed by atoms with Crippen LogP contribution in [0.5, 0.6) is 11.5 Å². The quantitative estimate of drug-likeness (QED) is 0.696. The summed E-state index contributed by atoms with van der Waals surface area (Å²) in [6, 6.07) is 13.5. The monoisotopic (exact) mass is 310 g/mol. The van der Waals surface area contributed by atoms with Crippen LogP contribution in [0.3, 0.4) is 0 Å². The molecule has 17 heavy (non-hydrogen) atoms. The van der Waals surface area contributed by atoms with Crippen molar-refractivity contribution in [1.82, 2.24) is 0 Å². The normalized spacial score (nSPS) is 10.3. The van der Waals surface area contributed by atoms with Crippen molar-refractivity contribution < 1.29 is 4.74 Å². The Morgan fingerprint density at radius 2 is 1.82 bits per heavy atom. The molecule has 0 aliphatic heterocycles. The fourth-order valence-corrected chi connectivity index (χ4v) is 2.11. The highest BCUT2D eigenvalue weighted by atomic mass is 79.9. The Kier molecular flexibility index (Phi) is 4.08. The number of aryl methyl sites for hydroxylation is 1. The summed E-state index contributed by atoms with van der Waals surface area (Å²) in [4.78, 5) is 0. The van der Waals surface area contributed by atoms with Crippen LogP contribution in [0.25, 0.3) is 0 Å². The van der Waals surface area contributed by atoms with Crippen molar-refractivity contribution in [2.24, 2.45) is 0 Å². The van der Waals surface area contributed by atoms with Crippen LogP contribution in [0.4, 0.5) is 0 Å². The Labute approximate surface area is 115 Å². The molecule has 0 N–H and O–H groups in total. The molecule has 2 aromatic carbocycles. The highest BCUT2D eigenvalue weighted by Crippen LogP contribution is 2.28. The van der Waals surface area contributed by atoms with Crippen LogP contribution in [0.2, 0.25) is 5.02 Å². The largest absolute Gasteiger partial charge is 0.457 e. The molecule has 0 bridgehead atoms. The first-order chi connectivity index (χ1) is 8.19. The summed E-state index contributed by atoms with van der Waals surface area (Å²) < 4.78 is 5.82. The van der Waals surface area contributed by atoms with Gasteiger partial charge in [0.25, 0.3) is 0 Å². The van der Waals surface area contributed by atoms with Crippen molar-refractivity contribution in [2.75, 3.05) is 0 Å². The lowest BCUT2D eigenvalue weighted by Crippen LogP contribution is -1.90. The van der Waals surface area contributed by atoms with E-state index in [0.717, 1.165) is 22.4 Å². The molecule has 0 aromatic heterocycles. The molecule has 0 aliphatic carbocycles. The Hall–Kier alpha value is -0.990. The summed E-state index contributed by atoms with van der Waals surface area (Å²) in [6.45, 7) is 2.07. The molecule has 0 fully saturated rings. The highest BCUT2D eigenvalue weighted by molar-refractivity contribution is 9.08. The number of rotatable bonds is 3. The van der Waals surface area contributed by atoms with Gasteiger partial charge in [0, 0.05) is 15.9 Å². The van der Waals surface area contributed by atoms with Gasteiger partial charge in [0.1, 0.15) is 11.5 Å². The molecule has 0 aliphatic rings. The zero-order chi connectivity index (χ0) is 12.3. The van der Waals surface area contributed by atoms with Gasteiger partial charge in [0.2, 0.25) is 0 Å². The molecule has 0 unspecified atom stereocenters. The maximum atomic E-state index is 5.83. The van der Waals surface area contributed by atoms with Crippen molar-refractivity contribution in [1.29, 1.82) is 0 Å². The molecule has 3 heteroatoms. The zero-order valence-electron chi connectivity index (χ0n) is 9.41. The van der Waals surface area contributed by atoms with Gasteiger partial charge in [-0.3, -0.25) is 0 Å². The van der Waals surface area contributed by atoms with Crippen LogP contribution < -0.4 is 4.74 Å². The molecule has 0 atom stereocenters. The first-order valence-electron chi connectivity index (χ1n) is 5.28. The summed E-state index contributed by atoms with van der Waals surface area (Å²) in [5, 5.41) is 1.49. The minimum Gasteiger partial charge on any atom is -0.457 e. The zero-order valence-corrected chi connectivity index (χ0v) is 11.8. The van der Waals surface area contributed by atoms with E-state index in [9.17, 15) is 0 Å². The van der Waals surface area contributed by atoms with Gasteiger partial charge in [-0.15, -0.1) is 0 Å². The number of ether oxygens (including phenoxy) is 1. The second-order valence-electron chi connectivity index (χ2n) is 3.80. The Morgan fingerprint density at radius 3 is 2.47 bits per heavy atom. The van der Waals surface area contributed by atoms with E-state index in [-0.39, 0.29) is 0 Å². The maximum absolute atomic E-state index is 5.83. The van der Waals surface area contributed by atoms with Gasteiger partial charge < -0.3 is 4.74 Å². The second kappa shape index (κ2) is 5.56. The molecule has 0 amide bonds. The lowest BCUT2D eigenvalue weighted by atomic mass is 10.1. The van der Waals surface area contributed by atoms with E-state index >= 15 is 0 Å². The predicted octanol–water partition coefficient (Wildman–Crippen LogP) is 5.34. The molecule has 1 nitrogen and oxygen atoms in total. The smallest absolute Gasteiger partial charge is 0.131 e. The van der Waals surface area contributed by atoms with Gasteiger partial charge in [0.15, 0.2) is 0 Å². The summed E-state index contributed by atoms with van der Waals surface area (Å²) in [5.74, 6) is 1.66. The lowest BCUT2D eigenvalue weighted by molar-refractivity contribution is 0.478.